The largest absolute Gasteiger partial charge is 0.496 e. The zero-order valence-electron chi connectivity index (χ0n) is 11.2. The van der Waals surface area contributed by atoms with Gasteiger partial charge in [0.05, 0.1) is 18.1 Å². The number of hydrogen-bond donors (Lipinski definition) is 1. The number of halogens is 1. The van der Waals surface area contributed by atoms with E-state index in [4.69, 9.17) is 4.74 Å². The molecule has 18 heavy (non-hydrogen) atoms. The second-order valence-corrected chi connectivity index (χ2v) is 5.16. The molecule has 1 aromatic rings. The first-order valence-electron chi connectivity index (χ1n) is 5.79. The van der Waals surface area contributed by atoms with E-state index in [2.05, 4.69) is 21.2 Å². The van der Waals surface area contributed by atoms with Gasteiger partial charge in [0, 0.05) is 18.8 Å². The molecule has 0 spiro atoms. The number of methoxy groups -OCH3 is 1. The summed E-state index contributed by atoms with van der Waals surface area (Å²) in [4.78, 5) is 13.6. The Labute approximate surface area is 116 Å². The van der Waals surface area contributed by atoms with Gasteiger partial charge in [-0.05, 0) is 34.1 Å². The number of nitrogens with one attached hydrogen (secondary N) is 1. The monoisotopic (exact) mass is 314 g/mol. The molecule has 0 heterocycles. The highest BCUT2D eigenvalue weighted by molar-refractivity contribution is 9.10. The minimum absolute atomic E-state index is 0.0285. The van der Waals surface area contributed by atoms with Crippen LogP contribution in [0.25, 0.3) is 0 Å². The van der Waals surface area contributed by atoms with Crippen molar-refractivity contribution in [3.63, 3.8) is 0 Å². The van der Waals surface area contributed by atoms with Crippen molar-refractivity contribution >= 4 is 27.5 Å². The molecular formula is C13H19BrN2O2. The molecule has 0 aliphatic rings. The lowest BCUT2D eigenvalue weighted by atomic mass is 10.2. The van der Waals surface area contributed by atoms with Crippen LogP contribution < -0.4 is 15.0 Å². The summed E-state index contributed by atoms with van der Waals surface area (Å²) >= 11 is 3.41. The van der Waals surface area contributed by atoms with Crippen molar-refractivity contribution in [1.29, 1.82) is 0 Å². The minimum Gasteiger partial charge on any atom is -0.496 e. The van der Waals surface area contributed by atoms with Gasteiger partial charge < -0.3 is 15.0 Å². The van der Waals surface area contributed by atoms with Crippen LogP contribution in [-0.2, 0) is 4.79 Å². The van der Waals surface area contributed by atoms with Crippen molar-refractivity contribution in [2.75, 3.05) is 25.6 Å². The molecule has 0 bridgehead atoms. The van der Waals surface area contributed by atoms with Crippen molar-refractivity contribution in [1.82, 2.24) is 5.32 Å². The van der Waals surface area contributed by atoms with Crippen LogP contribution in [0.4, 0.5) is 5.69 Å². The number of ether oxygens (including phenoxy) is 1. The maximum absolute atomic E-state index is 11.9. The molecule has 0 atom stereocenters. The van der Waals surface area contributed by atoms with E-state index in [1.807, 2.05) is 32.0 Å². The van der Waals surface area contributed by atoms with Gasteiger partial charge in [-0.15, -0.1) is 0 Å². The molecule has 0 unspecified atom stereocenters. The SMILES string of the molecule is COc1ccc(N(C)C(=O)CNC(C)C)cc1Br. The van der Waals surface area contributed by atoms with Gasteiger partial charge in [0.15, 0.2) is 0 Å². The number of carbonyl (C=O) groups excluding carboxylic acids is 1. The number of nitrogens with zero attached hydrogens (tertiary/aromatic N) is 1. The number of benzene rings is 1. The molecule has 1 amide bonds. The Balaban J connectivity index is 2.74. The molecule has 0 aliphatic heterocycles. The number of anilines is 1. The number of carbonyl (C=O) groups is 1. The van der Waals surface area contributed by atoms with Gasteiger partial charge >= 0.3 is 0 Å². The summed E-state index contributed by atoms with van der Waals surface area (Å²) in [5, 5.41) is 3.11. The Hall–Kier alpha value is -1.07. The highest BCUT2D eigenvalue weighted by atomic mass is 79.9. The molecule has 0 saturated heterocycles. The van der Waals surface area contributed by atoms with E-state index < -0.39 is 0 Å². The van der Waals surface area contributed by atoms with Crippen LogP contribution >= 0.6 is 15.9 Å². The van der Waals surface area contributed by atoms with Crippen molar-refractivity contribution in [2.24, 2.45) is 0 Å². The third-order valence-electron chi connectivity index (χ3n) is 2.56. The maximum Gasteiger partial charge on any atom is 0.240 e. The van der Waals surface area contributed by atoms with Crippen LogP contribution in [0.3, 0.4) is 0 Å². The predicted molar refractivity (Wildman–Crippen MR) is 77.2 cm³/mol. The lowest BCUT2D eigenvalue weighted by Gasteiger charge is -2.19. The van der Waals surface area contributed by atoms with Gasteiger partial charge in [0.2, 0.25) is 5.91 Å². The third kappa shape index (κ3) is 3.99. The predicted octanol–water partition coefficient (Wildman–Crippen LogP) is 2.42. The lowest BCUT2D eigenvalue weighted by molar-refractivity contribution is -0.117. The number of rotatable bonds is 5. The molecule has 0 radical (unpaired) electrons. The van der Waals surface area contributed by atoms with E-state index in [1.54, 1.807) is 19.1 Å². The van der Waals surface area contributed by atoms with Gasteiger partial charge in [-0.2, -0.15) is 0 Å². The molecule has 100 valence electrons. The normalized spacial score (nSPS) is 10.6. The second-order valence-electron chi connectivity index (χ2n) is 4.31. The zero-order chi connectivity index (χ0) is 13.7. The average molecular weight is 315 g/mol. The molecule has 5 heteroatoms. The Morgan fingerprint density at radius 3 is 2.67 bits per heavy atom. The van der Waals surface area contributed by atoms with Crippen LogP contribution in [0.15, 0.2) is 22.7 Å². The summed E-state index contributed by atoms with van der Waals surface area (Å²) < 4.78 is 5.99. The zero-order valence-corrected chi connectivity index (χ0v) is 12.7. The maximum atomic E-state index is 11.9. The summed E-state index contributed by atoms with van der Waals surface area (Å²) in [5.41, 5.74) is 0.832. The summed E-state index contributed by atoms with van der Waals surface area (Å²) in [7, 11) is 3.37. The standard InChI is InChI=1S/C13H19BrN2O2/c1-9(2)15-8-13(17)16(3)10-5-6-12(18-4)11(14)7-10/h5-7,9,15H,8H2,1-4H3. The second kappa shape index (κ2) is 6.75. The summed E-state index contributed by atoms with van der Waals surface area (Å²) in [6, 6.07) is 5.85. The highest BCUT2D eigenvalue weighted by Crippen LogP contribution is 2.29. The molecule has 1 N–H and O–H groups in total. The van der Waals surface area contributed by atoms with E-state index in [0.29, 0.717) is 12.6 Å². The molecule has 0 fully saturated rings. The van der Waals surface area contributed by atoms with Gasteiger partial charge in [-0.3, -0.25) is 4.79 Å². The molecule has 0 aromatic heterocycles. The van der Waals surface area contributed by atoms with Crippen molar-refractivity contribution in [2.45, 2.75) is 19.9 Å². The highest BCUT2D eigenvalue weighted by Gasteiger charge is 2.12. The van der Waals surface area contributed by atoms with Crippen LogP contribution in [0.2, 0.25) is 0 Å². The first kappa shape index (κ1) is 15.0. The first-order chi connectivity index (χ1) is 8.45. The average Bonchev–Trinajstić information content (AvgIpc) is 2.34. The third-order valence-corrected chi connectivity index (χ3v) is 3.18. The fourth-order valence-electron chi connectivity index (χ4n) is 1.42. The molecular weight excluding hydrogens is 296 g/mol. The van der Waals surface area contributed by atoms with Crippen molar-refractivity contribution < 1.29 is 9.53 Å². The van der Waals surface area contributed by atoms with Crippen molar-refractivity contribution in [3.8, 4) is 5.75 Å². The fraction of sp³-hybridized carbons (Fsp3) is 0.462. The smallest absolute Gasteiger partial charge is 0.240 e. The van der Waals surface area contributed by atoms with Crippen LogP contribution in [0.1, 0.15) is 13.8 Å². The number of likely N-dealkylation sites (N-methyl/N-ethyl adjacent to an activating group) is 1. The van der Waals surface area contributed by atoms with Crippen LogP contribution in [-0.4, -0.2) is 32.7 Å². The van der Waals surface area contributed by atoms with E-state index in [-0.39, 0.29) is 5.91 Å². The van der Waals surface area contributed by atoms with E-state index in [1.165, 1.54) is 0 Å². The number of hydrogen-bond acceptors (Lipinski definition) is 3. The van der Waals surface area contributed by atoms with Gasteiger partial charge in [-0.1, -0.05) is 13.8 Å². The minimum atomic E-state index is 0.0285. The Bertz CT molecular complexity index is 421. The topological polar surface area (TPSA) is 41.6 Å². The quantitative estimate of drug-likeness (QED) is 0.907. The number of amides is 1. The molecule has 0 aliphatic carbocycles. The molecule has 1 aromatic carbocycles. The van der Waals surface area contributed by atoms with E-state index >= 15 is 0 Å². The van der Waals surface area contributed by atoms with Gasteiger partial charge in [0.25, 0.3) is 0 Å². The Morgan fingerprint density at radius 2 is 2.17 bits per heavy atom. The van der Waals surface area contributed by atoms with Gasteiger partial charge in [-0.25, -0.2) is 0 Å². The molecule has 1 rings (SSSR count). The summed E-state index contributed by atoms with van der Waals surface area (Å²) in [6.07, 6.45) is 0. The summed E-state index contributed by atoms with van der Waals surface area (Å²) in [5.74, 6) is 0.778. The summed E-state index contributed by atoms with van der Waals surface area (Å²) in [6.45, 7) is 4.35. The Morgan fingerprint density at radius 1 is 1.50 bits per heavy atom. The van der Waals surface area contributed by atoms with Gasteiger partial charge in [0.1, 0.15) is 5.75 Å². The lowest BCUT2D eigenvalue weighted by Crippen LogP contribution is -2.38. The van der Waals surface area contributed by atoms with E-state index in [9.17, 15) is 4.79 Å². The Kier molecular flexibility index (Phi) is 5.62. The van der Waals surface area contributed by atoms with Crippen LogP contribution in [0.5, 0.6) is 5.75 Å². The van der Waals surface area contributed by atoms with Crippen LogP contribution in [0, 0.1) is 0 Å². The van der Waals surface area contributed by atoms with E-state index in [0.717, 1.165) is 15.9 Å². The molecule has 0 saturated carbocycles. The first-order valence-corrected chi connectivity index (χ1v) is 6.58. The van der Waals surface area contributed by atoms with Crippen molar-refractivity contribution in [3.05, 3.63) is 22.7 Å². The molecule has 4 nitrogen and oxygen atoms in total. The fourth-order valence-corrected chi connectivity index (χ4v) is 1.95.